The lowest BCUT2D eigenvalue weighted by atomic mass is 9.85. The maximum Gasteiger partial charge on any atom is 0.409 e. The largest absolute Gasteiger partial charge is 0.444 e. The van der Waals surface area contributed by atoms with Gasteiger partial charge < -0.3 is 20.9 Å². The second-order valence-corrected chi connectivity index (χ2v) is 13.4. The summed E-state index contributed by atoms with van der Waals surface area (Å²) in [4.78, 5) is 12.9. The summed E-state index contributed by atoms with van der Waals surface area (Å²) < 4.78 is 32.7. The molecule has 1 unspecified atom stereocenters. The Kier molecular flexibility index (Phi) is 9.94. The molecule has 3 atom stereocenters. The number of anilines is 1. The molecule has 208 valence electrons. The normalized spacial score (nSPS) is 15.5. The summed E-state index contributed by atoms with van der Waals surface area (Å²) in [6.07, 6.45) is -1.91. The number of rotatable bonds is 11. The second-order valence-electron chi connectivity index (χ2n) is 11.2. The molecule has 0 aromatic heterocycles. The molecule has 0 heterocycles. The van der Waals surface area contributed by atoms with Gasteiger partial charge in [0.15, 0.2) is 9.84 Å². The van der Waals surface area contributed by atoms with E-state index in [4.69, 9.17) is 10.5 Å². The first-order valence-electron chi connectivity index (χ1n) is 12.5. The molecule has 2 rings (SSSR count). The Morgan fingerprint density at radius 2 is 1.74 bits per heavy atom. The number of carbonyl (C=O) groups excluding carboxylic acids is 1. The molecule has 5 N–H and O–H groups in total. The molecule has 1 amide bonds. The number of hydrogen-bond donors (Lipinski definition) is 4. The number of nitrogens with one attached hydrogen (secondary N) is 2. The highest BCUT2D eigenvalue weighted by Gasteiger charge is 2.44. The molecule has 0 saturated heterocycles. The quantitative estimate of drug-likeness (QED) is 0.246. The number of nitrogens with zero attached hydrogens (tertiary/aromatic N) is 1. The van der Waals surface area contributed by atoms with Crippen LogP contribution < -0.4 is 16.4 Å². The molecule has 0 fully saturated rings. The van der Waals surface area contributed by atoms with Crippen LogP contribution in [0.1, 0.15) is 53.5 Å². The number of carbonyl (C=O) groups is 1. The molecule has 0 spiro atoms. The number of alkyl carbamates (subject to hydrolysis) is 1. The lowest BCUT2D eigenvalue weighted by Gasteiger charge is -2.42. The Balaban J connectivity index is 2.46. The molecule has 2 aromatic carbocycles. The average Bonchev–Trinajstić information content (AvgIpc) is 2.80. The Morgan fingerprint density at radius 3 is 2.26 bits per heavy atom. The minimum Gasteiger partial charge on any atom is -0.444 e. The first kappa shape index (κ1) is 31.1. The van der Waals surface area contributed by atoms with E-state index in [0.717, 1.165) is 5.56 Å². The van der Waals surface area contributed by atoms with Crippen molar-refractivity contribution in [3.05, 3.63) is 60.2 Å². The van der Waals surface area contributed by atoms with E-state index in [2.05, 4.69) is 10.6 Å². The van der Waals surface area contributed by atoms with Gasteiger partial charge in [0.1, 0.15) is 11.3 Å². The van der Waals surface area contributed by atoms with Gasteiger partial charge in [-0.05, 0) is 56.9 Å². The summed E-state index contributed by atoms with van der Waals surface area (Å²) >= 11 is 0. The Bertz CT molecular complexity index is 1230. The number of ether oxygens (including phenoxy) is 1. The van der Waals surface area contributed by atoms with Crippen molar-refractivity contribution in [3.8, 4) is 6.07 Å². The highest BCUT2D eigenvalue weighted by atomic mass is 32.2. The number of nitriles is 1. The van der Waals surface area contributed by atoms with Crippen molar-refractivity contribution in [2.24, 2.45) is 5.41 Å². The molecule has 2 aromatic rings. The van der Waals surface area contributed by atoms with Crippen LogP contribution in [0.4, 0.5) is 10.5 Å². The third-order valence-corrected chi connectivity index (χ3v) is 8.80. The fourth-order valence-corrected chi connectivity index (χ4v) is 6.31. The lowest BCUT2D eigenvalue weighted by molar-refractivity contribution is 0.0112. The highest BCUT2D eigenvalue weighted by molar-refractivity contribution is 7.92. The van der Waals surface area contributed by atoms with E-state index in [1.54, 1.807) is 46.8 Å². The minimum absolute atomic E-state index is 0.0313. The van der Waals surface area contributed by atoms with Crippen LogP contribution in [0.15, 0.2) is 59.5 Å². The topological polar surface area (TPSA) is 155 Å². The van der Waals surface area contributed by atoms with E-state index in [1.165, 1.54) is 19.1 Å². The average molecular weight is 545 g/mol. The molecule has 0 radical (unpaired) electrons. The number of amides is 1. The molecular formula is C28H40N4O5S. The highest BCUT2D eigenvalue weighted by Crippen LogP contribution is 2.34. The summed E-state index contributed by atoms with van der Waals surface area (Å²) in [5.74, 6) is 0. The number of aliphatic hydroxyl groups excluding tert-OH is 1. The lowest BCUT2D eigenvalue weighted by Crippen LogP contribution is -2.68. The molecule has 0 saturated carbocycles. The van der Waals surface area contributed by atoms with E-state index in [1.807, 2.05) is 36.4 Å². The van der Waals surface area contributed by atoms with Gasteiger partial charge in [-0.2, -0.15) is 5.26 Å². The van der Waals surface area contributed by atoms with E-state index in [9.17, 15) is 23.6 Å². The van der Waals surface area contributed by atoms with Gasteiger partial charge >= 0.3 is 6.09 Å². The third-order valence-electron chi connectivity index (χ3n) is 6.33. The van der Waals surface area contributed by atoms with Crippen molar-refractivity contribution in [1.29, 1.82) is 5.26 Å². The van der Waals surface area contributed by atoms with Crippen LogP contribution in [0.5, 0.6) is 0 Å². The standard InChI is InChI=1S/C28H40N4O5S/c1-20(33)28(18-21-11-8-7-9-12-21,32-25(34)37-26(2,3)4)31-19-27(5,6)24(15-16-29)38(35,36)23-14-10-13-22(30)17-23/h7-14,17,20,24,31,33H,15,18-19,30H2,1-6H3,(H,32,34)/t20-,24?,28+/m1/s1. The Morgan fingerprint density at radius 1 is 1.11 bits per heavy atom. The Hall–Kier alpha value is -3.13. The van der Waals surface area contributed by atoms with Crippen molar-refractivity contribution in [3.63, 3.8) is 0 Å². The minimum atomic E-state index is -3.95. The number of benzene rings is 2. The molecule has 0 aliphatic rings. The summed E-state index contributed by atoms with van der Waals surface area (Å²) in [7, 11) is -3.95. The first-order chi connectivity index (χ1) is 17.5. The fourth-order valence-electron chi connectivity index (χ4n) is 4.20. The number of aliphatic hydroxyl groups is 1. The van der Waals surface area contributed by atoms with Crippen LogP contribution in [0.2, 0.25) is 0 Å². The van der Waals surface area contributed by atoms with Gasteiger partial charge in [-0.1, -0.05) is 50.2 Å². The van der Waals surface area contributed by atoms with Gasteiger partial charge in [0.25, 0.3) is 0 Å². The smallest absolute Gasteiger partial charge is 0.409 e. The molecule has 0 bridgehead atoms. The van der Waals surface area contributed by atoms with E-state index < -0.39 is 44.0 Å². The van der Waals surface area contributed by atoms with Crippen molar-refractivity contribution >= 4 is 21.6 Å². The maximum atomic E-state index is 13.6. The Labute approximate surface area is 226 Å². The summed E-state index contributed by atoms with van der Waals surface area (Å²) in [5.41, 5.74) is 3.77. The van der Waals surface area contributed by atoms with E-state index >= 15 is 0 Å². The van der Waals surface area contributed by atoms with E-state index in [0.29, 0.717) is 5.69 Å². The first-order valence-corrected chi connectivity index (χ1v) is 14.0. The molecule has 9 nitrogen and oxygen atoms in total. The molecular weight excluding hydrogens is 504 g/mol. The molecule has 0 aliphatic heterocycles. The van der Waals surface area contributed by atoms with Crippen LogP contribution in [-0.2, 0) is 21.0 Å². The zero-order chi connectivity index (χ0) is 28.8. The van der Waals surface area contributed by atoms with Crippen LogP contribution >= 0.6 is 0 Å². The van der Waals surface area contributed by atoms with Gasteiger partial charge in [-0.3, -0.25) is 5.32 Å². The van der Waals surface area contributed by atoms with E-state index in [-0.39, 0.29) is 24.3 Å². The zero-order valence-corrected chi connectivity index (χ0v) is 23.8. The monoisotopic (exact) mass is 544 g/mol. The van der Waals surface area contributed by atoms with Crippen molar-refractivity contribution < 1.29 is 23.1 Å². The summed E-state index contributed by atoms with van der Waals surface area (Å²) in [6.45, 7) is 10.2. The van der Waals surface area contributed by atoms with Gasteiger partial charge in [-0.15, -0.1) is 0 Å². The number of sulfone groups is 1. The predicted molar refractivity (Wildman–Crippen MR) is 148 cm³/mol. The van der Waals surface area contributed by atoms with Gasteiger partial charge in [-0.25, -0.2) is 13.2 Å². The third kappa shape index (κ3) is 8.18. The van der Waals surface area contributed by atoms with Gasteiger partial charge in [0.05, 0.1) is 28.7 Å². The van der Waals surface area contributed by atoms with Crippen molar-refractivity contribution in [2.75, 3.05) is 12.3 Å². The molecule has 38 heavy (non-hydrogen) atoms. The number of nitrogen functional groups attached to an aromatic ring is 1. The zero-order valence-electron chi connectivity index (χ0n) is 23.0. The van der Waals surface area contributed by atoms with Gasteiger partial charge in [0.2, 0.25) is 0 Å². The van der Waals surface area contributed by atoms with Crippen LogP contribution in [0.3, 0.4) is 0 Å². The van der Waals surface area contributed by atoms with Crippen LogP contribution in [0, 0.1) is 16.7 Å². The molecule has 0 aliphatic carbocycles. The maximum absolute atomic E-state index is 13.6. The predicted octanol–water partition coefficient (Wildman–Crippen LogP) is 3.79. The van der Waals surface area contributed by atoms with Gasteiger partial charge in [0, 0.05) is 18.7 Å². The second kappa shape index (κ2) is 12.2. The summed E-state index contributed by atoms with van der Waals surface area (Å²) in [6, 6.07) is 17.3. The van der Waals surface area contributed by atoms with Crippen molar-refractivity contribution in [1.82, 2.24) is 10.6 Å². The van der Waals surface area contributed by atoms with Crippen LogP contribution in [0.25, 0.3) is 0 Å². The SMILES string of the molecule is C[C@@H](O)[C@@](Cc1ccccc1)(NCC(C)(C)C(CC#N)S(=O)(=O)c1cccc(N)c1)NC(=O)OC(C)(C)C. The van der Waals surface area contributed by atoms with Crippen molar-refractivity contribution in [2.45, 2.75) is 81.9 Å². The number of hydrogen-bond acceptors (Lipinski definition) is 8. The van der Waals surface area contributed by atoms with Crippen LogP contribution in [-0.4, -0.2) is 48.8 Å². The number of nitrogens with two attached hydrogens (primary N) is 1. The molecule has 10 heteroatoms. The summed E-state index contributed by atoms with van der Waals surface area (Å²) in [5, 5.41) is 25.4. The fraction of sp³-hybridized carbons (Fsp3) is 0.500.